The molecule has 0 radical (unpaired) electrons. The second-order valence-electron chi connectivity index (χ2n) is 6.12. The highest BCUT2D eigenvalue weighted by molar-refractivity contribution is 5.92. The first-order valence-electron chi connectivity index (χ1n) is 8.20. The molecule has 0 spiro atoms. The molecule has 1 unspecified atom stereocenters. The van der Waals surface area contributed by atoms with Gasteiger partial charge in [-0.2, -0.15) is 0 Å². The van der Waals surface area contributed by atoms with Crippen LogP contribution < -0.4 is 10.6 Å². The second-order valence-corrected chi connectivity index (χ2v) is 6.12. The maximum atomic E-state index is 12.8. The number of carbonyl (C=O) groups excluding carboxylic acids is 2. The largest absolute Gasteiger partial charge is 0.340 e. The third kappa shape index (κ3) is 5.28. The van der Waals surface area contributed by atoms with Crippen molar-refractivity contribution in [1.82, 2.24) is 15.1 Å². The van der Waals surface area contributed by atoms with Crippen molar-refractivity contribution in [3.63, 3.8) is 0 Å². The van der Waals surface area contributed by atoms with Crippen LogP contribution in [0.3, 0.4) is 0 Å². The van der Waals surface area contributed by atoms with Gasteiger partial charge in [-0.25, -0.2) is 4.39 Å². The van der Waals surface area contributed by atoms with E-state index >= 15 is 0 Å². The molecular weight excluding hydrogens is 311 g/mol. The Bertz CT molecular complexity index is 556. The van der Waals surface area contributed by atoms with E-state index in [-0.39, 0.29) is 30.1 Å². The summed E-state index contributed by atoms with van der Waals surface area (Å²) < 4.78 is 12.8. The minimum atomic E-state index is -0.332. The molecule has 1 atom stereocenters. The van der Waals surface area contributed by atoms with E-state index in [9.17, 15) is 14.0 Å². The lowest BCUT2D eigenvalue weighted by molar-refractivity contribution is -0.136. The Morgan fingerprint density at radius 1 is 1.17 bits per heavy atom. The Labute approximate surface area is 142 Å². The lowest BCUT2D eigenvalue weighted by atomic mass is 10.1. The van der Waals surface area contributed by atoms with Crippen LogP contribution in [-0.2, 0) is 9.59 Å². The number of amides is 2. The molecule has 1 heterocycles. The van der Waals surface area contributed by atoms with E-state index in [1.165, 1.54) is 24.3 Å². The maximum absolute atomic E-state index is 12.8. The number of rotatable bonds is 6. The SMILES string of the molecule is CNCC(C)C(=O)N1CCN(CC(=O)Nc2ccc(F)cc2)CC1. The van der Waals surface area contributed by atoms with E-state index in [1.807, 2.05) is 23.8 Å². The Morgan fingerprint density at radius 3 is 2.38 bits per heavy atom. The molecule has 0 saturated carbocycles. The van der Waals surface area contributed by atoms with Crippen molar-refractivity contribution in [3.05, 3.63) is 30.1 Å². The monoisotopic (exact) mass is 336 g/mol. The molecule has 0 aromatic heterocycles. The van der Waals surface area contributed by atoms with Gasteiger partial charge in [0, 0.05) is 44.3 Å². The van der Waals surface area contributed by atoms with Gasteiger partial charge >= 0.3 is 0 Å². The van der Waals surface area contributed by atoms with E-state index in [2.05, 4.69) is 10.6 Å². The first-order chi connectivity index (χ1) is 11.5. The highest BCUT2D eigenvalue weighted by Gasteiger charge is 2.25. The molecule has 24 heavy (non-hydrogen) atoms. The number of halogens is 1. The number of piperazine rings is 1. The van der Waals surface area contributed by atoms with E-state index < -0.39 is 0 Å². The fraction of sp³-hybridized carbons (Fsp3) is 0.529. The zero-order valence-corrected chi connectivity index (χ0v) is 14.2. The molecule has 6 nitrogen and oxygen atoms in total. The van der Waals surface area contributed by atoms with Gasteiger partial charge in [0.2, 0.25) is 11.8 Å². The fourth-order valence-electron chi connectivity index (χ4n) is 2.77. The zero-order valence-electron chi connectivity index (χ0n) is 14.2. The molecule has 2 rings (SSSR count). The average molecular weight is 336 g/mol. The van der Waals surface area contributed by atoms with Gasteiger partial charge in [-0.3, -0.25) is 14.5 Å². The molecule has 1 aromatic carbocycles. The van der Waals surface area contributed by atoms with E-state index in [0.717, 1.165) is 0 Å². The van der Waals surface area contributed by atoms with Crippen LogP contribution in [0.5, 0.6) is 0 Å². The number of anilines is 1. The van der Waals surface area contributed by atoms with Gasteiger partial charge in [0.15, 0.2) is 0 Å². The van der Waals surface area contributed by atoms with Crippen molar-refractivity contribution in [1.29, 1.82) is 0 Å². The standard InChI is InChI=1S/C17H25FN4O2/c1-13(11-19-2)17(24)22-9-7-21(8-10-22)12-16(23)20-15-5-3-14(18)4-6-15/h3-6,13,19H,7-12H2,1-2H3,(H,20,23). The Kier molecular flexibility index (Phi) is 6.69. The second kappa shape index (κ2) is 8.75. The van der Waals surface area contributed by atoms with Gasteiger partial charge in [0.05, 0.1) is 6.54 Å². The summed E-state index contributed by atoms with van der Waals surface area (Å²) in [7, 11) is 1.83. The molecule has 132 valence electrons. The summed E-state index contributed by atoms with van der Waals surface area (Å²) in [6.07, 6.45) is 0. The van der Waals surface area contributed by atoms with E-state index in [4.69, 9.17) is 0 Å². The van der Waals surface area contributed by atoms with Crippen molar-refractivity contribution in [3.8, 4) is 0 Å². The highest BCUT2D eigenvalue weighted by atomic mass is 19.1. The van der Waals surface area contributed by atoms with Crippen molar-refractivity contribution in [2.75, 3.05) is 51.6 Å². The summed E-state index contributed by atoms with van der Waals surface area (Å²) in [5.74, 6) is -0.352. The number of carbonyl (C=O) groups is 2. The number of hydrogen-bond acceptors (Lipinski definition) is 4. The molecule has 0 bridgehead atoms. The molecule has 0 aliphatic carbocycles. The summed E-state index contributed by atoms with van der Waals surface area (Å²) in [6, 6.07) is 5.69. The van der Waals surface area contributed by atoms with Gasteiger partial charge in [-0.1, -0.05) is 6.92 Å². The maximum Gasteiger partial charge on any atom is 0.238 e. The lowest BCUT2D eigenvalue weighted by Gasteiger charge is -2.35. The van der Waals surface area contributed by atoms with E-state index in [1.54, 1.807) is 0 Å². The predicted octanol–water partition coefficient (Wildman–Crippen LogP) is 0.764. The van der Waals surface area contributed by atoms with Crippen LogP contribution in [-0.4, -0.2) is 67.9 Å². The van der Waals surface area contributed by atoms with Gasteiger partial charge < -0.3 is 15.5 Å². The minimum Gasteiger partial charge on any atom is -0.340 e. The van der Waals surface area contributed by atoms with Gasteiger partial charge in [-0.05, 0) is 31.3 Å². The molecule has 1 aliphatic heterocycles. The Hall–Kier alpha value is -1.99. The summed E-state index contributed by atoms with van der Waals surface area (Å²) in [5.41, 5.74) is 0.580. The topological polar surface area (TPSA) is 64.7 Å². The molecular formula is C17H25FN4O2. The van der Waals surface area contributed by atoms with Crippen LogP contribution in [0.15, 0.2) is 24.3 Å². The van der Waals surface area contributed by atoms with Crippen LogP contribution in [0.4, 0.5) is 10.1 Å². The number of nitrogens with one attached hydrogen (secondary N) is 2. The van der Waals surface area contributed by atoms with Crippen molar-refractivity contribution >= 4 is 17.5 Å². The van der Waals surface area contributed by atoms with Crippen LogP contribution in [0, 0.1) is 11.7 Å². The number of nitrogens with zero attached hydrogens (tertiary/aromatic N) is 2. The quantitative estimate of drug-likeness (QED) is 0.805. The Balaban J connectivity index is 1.75. The Morgan fingerprint density at radius 2 is 1.79 bits per heavy atom. The normalized spacial score (nSPS) is 16.7. The van der Waals surface area contributed by atoms with Crippen LogP contribution >= 0.6 is 0 Å². The van der Waals surface area contributed by atoms with Crippen LogP contribution in [0.1, 0.15) is 6.92 Å². The number of hydrogen-bond donors (Lipinski definition) is 2. The number of benzene rings is 1. The molecule has 1 saturated heterocycles. The first kappa shape index (κ1) is 18.4. The van der Waals surface area contributed by atoms with Crippen molar-refractivity contribution in [2.45, 2.75) is 6.92 Å². The van der Waals surface area contributed by atoms with Gasteiger partial charge in [0.25, 0.3) is 0 Å². The minimum absolute atomic E-state index is 0.0386. The lowest BCUT2D eigenvalue weighted by Crippen LogP contribution is -2.52. The summed E-state index contributed by atoms with van der Waals surface area (Å²) in [4.78, 5) is 28.2. The highest BCUT2D eigenvalue weighted by Crippen LogP contribution is 2.10. The van der Waals surface area contributed by atoms with Crippen LogP contribution in [0.25, 0.3) is 0 Å². The van der Waals surface area contributed by atoms with Crippen molar-refractivity contribution in [2.24, 2.45) is 5.92 Å². The molecule has 1 fully saturated rings. The molecule has 2 N–H and O–H groups in total. The molecule has 1 aliphatic rings. The zero-order chi connectivity index (χ0) is 17.5. The molecule has 7 heteroatoms. The summed E-state index contributed by atoms with van der Waals surface area (Å²) in [6.45, 7) is 5.48. The van der Waals surface area contributed by atoms with Crippen LogP contribution in [0.2, 0.25) is 0 Å². The third-order valence-electron chi connectivity index (χ3n) is 4.11. The molecule has 2 amide bonds. The van der Waals surface area contributed by atoms with Gasteiger partial charge in [0.1, 0.15) is 5.82 Å². The predicted molar refractivity (Wildman–Crippen MR) is 91.1 cm³/mol. The summed E-state index contributed by atoms with van der Waals surface area (Å²) >= 11 is 0. The summed E-state index contributed by atoms with van der Waals surface area (Å²) in [5, 5.41) is 5.76. The fourth-order valence-corrected chi connectivity index (χ4v) is 2.77. The van der Waals surface area contributed by atoms with Gasteiger partial charge in [-0.15, -0.1) is 0 Å². The first-order valence-corrected chi connectivity index (χ1v) is 8.20. The third-order valence-corrected chi connectivity index (χ3v) is 4.11. The average Bonchev–Trinajstić information content (AvgIpc) is 2.57. The smallest absolute Gasteiger partial charge is 0.238 e. The molecule has 1 aromatic rings. The van der Waals surface area contributed by atoms with E-state index in [0.29, 0.717) is 38.4 Å². The van der Waals surface area contributed by atoms with Crippen molar-refractivity contribution < 1.29 is 14.0 Å².